The van der Waals surface area contributed by atoms with E-state index in [1.54, 1.807) is 4.90 Å². The molecule has 94 valence electrons. The van der Waals surface area contributed by atoms with E-state index in [2.05, 4.69) is 15.0 Å². The zero-order valence-corrected chi connectivity index (χ0v) is 10.9. The molecule has 2 rings (SSSR count). The van der Waals surface area contributed by atoms with Gasteiger partial charge in [-0.15, -0.1) is 0 Å². The van der Waals surface area contributed by atoms with E-state index in [1.807, 2.05) is 14.1 Å². The van der Waals surface area contributed by atoms with E-state index in [4.69, 9.17) is 16.3 Å². The molecule has 0 aromatic carbocycles. The zero-order chi connectivity index (χ0) is 12.3. The van der Waals surface area contributed by atoms with Crippen molar-refractivity contribution < 1.29 is 4.74 Å². The number of anilines is 1. The molecule has 0 aliphatic heterocycles. The van der Waals surface area contributed by atoms with Crippen molar-refractivity contribution >= 4 is 17.5 Å². The molecule has 1 aliphatic rings. The van der Waals surface area contributed by atoms with Gasteiger partial charge in [-0.2, -0.15) is 15.0 Å². The molecule has 1 aromatic heterocycles. The van der Waals surface area contributed by atoms with Crippen LogP contribution in [0, 0.1) is 5.92 Å². The molecule has 1 aliphatic carbocycles. The Morgan fingerprint density at radius 1 is 1.24 bits per heavy atom. The maximum Gasteiger partial charge on any atom is 0.322 e. The molecule has 0 amide bonds. The second-order valence-corrected chi connectivity index (χ2v) is 4.88. The third kappa shape index (κ3) is 3.43. The topological polar surface area (TPSA) is 51.1 Å². The SMILES string of the molecule is CN(C)c1nc(Cl)nc(OCC2CCCC2)n1. The van der Waals surface area contributed by atoms with Crippen molar-refractivity contribution in [2.24, 2.45) is 5.92 Å². The van der Waals surface area contributed by atoms with E-state index >= 15 is 0 Å². The predicted octanol–water partition coefficient (Wildman–Crippen LogP) is 2.16. The van der Waals surface area contributed by atoms with Gasteiger partial charge in [0.15, 0.2) is 0 Å². The minimum absolute atomic E-state index is 0.171. The highest BCUT2D eigenvalue weighted by atomic mass is 35.5. The first-order valence-electron chi connectivity index (χ1n) is 5.87. The lowest BCUT2D eigenvalue weighted by Gasteiger charge is -2.13. The molecule has 0 unspecified atom stereocenters. The number of hydrogen-bond acceptors (Lipinski definition) is 5. The molecule has 1 fully saturated rings. The summed E-state index contributed by atoms with van der Waals surface area (Å²) in [6.07, 6.45) is 5.07. The number of halogens is 1. The number of nitrogens with zero attached hydrogens (tertiary/aromatic N) is 4. The molecule has 5 nitrogen and oxygen atoms in total. The van der Waals surface area contributed by atoms with Crippen molar-refractivity contribution in [3.8, 4) is 6.01 Å². The van der Waals surface area contributed by atoms with E-state index in [9.17, 15) is 0 Å². The summed E-state index contributed by atoms with van der Waals surface area (Å²) in [7, 11) is 3.71. The van der Waals surface area contributed by atoms with Gasteiger partial charge >= 0.3 is 6.01 Å². The molecule has 0 saturated heterocycles. The maximum absolute atomic E-state index is 5.82. The van der Waals surface area contributed by atoms with Gasteiger partial charge in [-0.25, -0.2) is 0 Å². The average molecular weight is 257 g/mol. The summed E-state index contributed by atoms with van der Waals surface area (Å²) >= 11 is 5.82. The second-order valence-electron chi connectivity index (χ2n) is 4.54. The van der Waals surface area contributed by atoms with Crippen LogP contribution >= 0.6 is 11.6 Å². The predicted molar refractivity (Wildman–Crippen MR) is 66.6 cm³/mol. The van der Waals surface area contributed by atoms with Gasteiger partial charge in [0.05, 0.1) is 6.61 Å². The first-order chi connectivity index (χ1) is 8.15. The van der Waals surface area contributed by atoms with Crippen LogP contribution in [0.4, 0.5) is 5.95 Å². The lowest BCUT2D eigenvalue weighted by atomic mass is 10.1. The normalized spacial score (nSPS) is 16.2. The quantitative estimate of drug-likeness (QED) is 0.826. The van der Waals surface area contributed by atoms with Crippen molar-refractivity contribution in [1.82, 2.24) is 15.0 Å². The first kappa shape index (κ1) is 12.4. The summed E-state index contributed by atoms with van der Waals surface area (Å²) in [5.74, 6) is 1.15. The first-order valence-corrected chi connectivity index (χ1v) is 6.24. The van der Waals surface area contributed by atoms with Gasteiger partial charge < -0.3 is 9.64 Å². The maximum atomic E-state index is 5.82. The fourth-order valence-corrected chi connectivity index (χ4v) is 2.10. The zero-order valence-electron chi connectivity index (χ0n) is 10.2. The molecule has 0 N–H and O–H groups in total. The van der Waals surface area contributed by atoms with Gasteiger partial charge in [0.2, 0.25) is 11.2 Å². The van der Waals surface area contributed by atoms with Gasteiger partial charge in [-0.05, 0) is 30.4 Å². The highest BCUT2D eigenvalue weighted by Crippen LogP contribution is 2.25. The summed E-state index contributed by atoms with van der Waals surface area (Å²) in [6.45, 7) is 0.674. The van der Waals surface area contributed by atoms with Crippen molar-refractivity contribution in [1.29, 1.82) is 0 Å². The minimum Gasteiger partial charge on any atom is -0.463 e. The number of hydrogen-bond donors (Lipinski definition) is 0. The molecular weight excluding hydrogens is 240 g/mol. The van der Waals surface area contributed by atoms with Crippen molar-refractivity contribution in [3.63, 3.8) is 0 Å². The summed E-state index contributed by atoms with van der Waals surface area (Å²) in [6, 6.07) is 0.320. The third-order valence-corrected chi connectivity index (χ3v) is 3.07. The number of ether oxygens (including phenoxy) is 1. The summed E-state index contributed by atoms with van der Waals surface area (Å²) < 4.78 is 5.59. The van der Waals surface area contributed by atoms with E-state index in [0.717, 1.165) is 0 Å². The molecule has 17 heavy (non-hydrogen) atoms. The molecular formula is C11H17ClN4O. The van der Waals surface area contributed by atoms with Gasteiger partial charge in [-0.3, -0.25) is 0 Å². The lowest BCUT2D eigenvalue weighted by molar-refractivity contribution is 0.233. The Morgan fingerprint density at radius 2 is 1.94 bits per heavy atom. The Balaban J connectivity index is 1.99. The van der Waals surface area contributed by atoms with Crippen LogP contribution in [0.25, 0.3) is 0 Å². The monoisotopic (exact) mass is 256 g/mol. The van der Waals surface area contributed by atoms with E-state index in [-0.39, 0.29) is 5.28 Å². The van der Waals surface area contributed by atoms with Gasteiger partial charge in [0.1, 0.15) is 0 Å². The number of aromatic nitrogens is 3. The van der Waals surface area contributed by atoms with Crippen LogP contribution in [0.5, 0.6) is 6.01 Å². The molecule has 6 heteroatoms. The van der Waals surface area contributed by atoms with Crippen LogP contribution < -0.4 is 9.64 Å². The highest BCUT2D eigenvalue weighted by Gasteiger charge is 2.16. The molecule has 0 bridgehead atoms. The fraction of sp³-hybridized carbons (Fsp3) is 0.727. The Hall–Kier alpha value is -1.10. The Morgan fingerprint density at radius 3 is 2.59 bits per heavy atom. The van der Waals surface area contributed by atoms with Crippen LogP contribution in [0.15, 0.2) is 0 Å². The van der Waals surface area contributed by atoms with Crippen LogP contribution in [-0.2, 0) is 0 Å². The van der Waals surface area contributed by atoms with Gasteiger partial charge in [-0.1, -0.05) is 12.8 Å². The van der Waals surface area contributed by atoms with Crippen LogP contribution in [-0.4, -0.2) is 35.7 Å². The Kier molecular flexibility index (Phi) is 3.99. The number of rotatable bonds is 4. The Labute approximate surface area is 106 Å². The summed E-state index contributed by atoms with van der Waals surface area (Å²) in [5, 5.41) is 0.171. The molecule has 1 heterocycles. The van der Waals surface area contributed by atoms with Crippen LogP contribution in [0.1, 0.15) is 25.7 Å². The Bertz CT molecular complexity index is 380. The molecule has 0 radical (unpaired) electrons. The average Bonchev–Trinajstić information content (AvgIpc) is 2.78. The van der Waals surface area contributed by atoms with E-state index in [1.165, 1.54) is 25.7 Å². The van der Waals surface area contributed by atoms with Crippen molar-refractivity contribution in [2.75, 3.05) is 25.6 Å². The summed E-state index contributed by atoms with van der Waals surface area (Å²) in [4.78, 5) is 13.9. The molecule has 1 aromatic rings. The van der Waals surface area contributed by atoms with Gasteiger partial charge in [0.25, 0.3) is 0 Å². The highest BCUT2D eigenvalue weighted by molar-refractivity contribution is 6.28. The largest absolute Gasteiger partial charge is 0.463 e. The van der Waals surface area contributed by atoms with Crippen LogP contribution in [0.3, 0.4) is 0 Å². The van der Waals surface area contributed by atoms with Crippen molar-refractivity contribution in [3.05, 3.63) is 5.28 Å². The summed E-state index contributed by atoms with van der Waals surface area (Å²) in [5.41, 5.74) is 0. The smallest absolute Gasteiger partial charge is 0.322 e. The van der Waals surface area contributed by atoms with Gasteiger partial charge in [0, 0.05) is 14.1 Å². The second kappa shape index (κ2) is 5.49. The molecule has 0 atom stereocenters. The van der Waals surface area contributed by atoms with Crippen molar-refractivity contribution in [2.45, 2.75) is 25.7 Å². The minimum atomic E-state index is 0.171. The fourth-order valence-electron chi connectivity index (χ4n) is 1.96. The third-order valence-electron chi connectivity index (χ3n) is 2.90. The standard InChI is InChI=1S/C11H17ClN4O/c1-16(2)10-13-9(12)14-11(15-10)17-7-8-5-3-4-6-8/h8H,3-7H2,1-2H3. The van der Waals surface area contributed by atoms with E-state index < -0.39 is 0 Å². The van der Waals surface area contributed by atoms with E-state index in [0.29, 0.717) is 24.5 Å². The van der Waals surface area contributed by atoms with Crippen LogP contribution in [0.2, 0.25) is 5.28 Å². The molecule has 1 saturated carbocycles. The molecule has 0 spiro atoms. The lowest BCUT2D eigenvalue weighted by Crippen LogP contribution is -2.16.